The van der Waals surface area contributed by atoms with Crippen molar-refractivity contribution in [1.82, 2.24) is 14.5 Å². The summed E-state index contributed by atoms with van der Waals surface area (Å²) in [4.78, 5) is 14.6. The number of likely N-dealkylation sites (N-methyl/N-ethyl adjacent to an activating group) is 1. The number of rotatable bonds is 7. The number of thiophene rings is 1. The molecule has 1 fully saturated rings. The molecular weight excluding hydrogens is 346 g/mol. The molecule has 1 N–H and O–H groups in total. The Labute approximate surface area is 148 Å². The van der Waals surface area contributed by atoms with Crippen LogP contribution in [0.25, 0.3) is 0 Å². The third kappa shape index (κ3) is 4.78. The molecule has 0 bridgehead atoms. The van der Waals surface area contributed by atoms with Gasteiger partial charge in [0.1, 0.15) is 4.21 Å². The molecule has 2 heterocycles. The Morgan fingerprint density at radius 3 is 2.58 bits per heavy atom. The number of carbonyl (C=O) groups excluding carboxylic acids is 1. The number of nitrogens with zero attached hydrogens (tertiary/aromatic N) is 2. The zero-order valence-corrected chi connectivity index (χ0v) is 16.3. The van der Waals surface area contributed by atoms with E-state index in [4.69, 9.17) is 0 Å². The molecule has 1 aromatic heterocycles. The molecule has 0 unspecified atom stereocenters. The molecule has 136 valence electrons. The summed E-state index contributed by atoms with van der Waals surface area (Å²) < 4.78 is 26.0. The molecule has 1 aliphatic rings. The van der Waals surface area contributed by atoms with E-state index in [1.54, 1.807) is 17.5 Å². The maximum Gasteiger partial charge on any atom is 0.252 e. The largest absolute Gasteiger partial charge is 0.353 e. The first-order chi connectivity index (χ1) is 11.2. The van der Waals surface area contributed by atoms with Crippen LogP contribution >= 0.6 is 11.3 Å². The van der Waals surface area contributed by atoms with Crippen LogP contribution in [0, 0.1) is 0 Å². The lowest BCUT2D eigenvalue weighted by Crippen LogP contribution is -2.54. The van der Waals surface area contributed by atoms with Gasteiger partial charge in [-0.1, -0.05) is 12.5 Å². The molecule has 24 heavy (non-hydrogen) atoms. The number of nitrogens with one attached hydrogen (secondary N) is 1. The quantitative estimate of drug-likeness (QED) is 0.790. The molecule has 1 amide bonds. The highest BCUT2D eigenvalue weighted by Gasteiger charge is 2.29. The lowest BCUT2D eigenvalue weighted by atomic mass is 9.98. The van der Waals surface area contributed by atoms with Crippen LogP contribution in [0.15, 0.2) is 21.7 Å². The van der Waals surface area contributed by atoms with Gasteiger partial charge in [0.2, 0.25) is 5.91 Å². The van der Waals surface area contributed by atoms with Gasteiger partial charge in [0, 0.05) is 19.1 Å². The second-order valence-electron chi connectivity index (χ2n) is 6.83. The number of amides is 1. The fraction of sp³-hybridized carbons (Fsp3) is 0.688. The number of sulfonamides is 1. The fourth-order valence-corrected chi connectivity index (χ4v) is 5.16. The summed E-state index contributed by atoms with van der Waals surface area (Å²) in [6, 6.07) is 3.24. The van der Waals surface area contributed by atoms with Gasteiger partial charge in [0.15, 0.2) is 0 Å². The molecule has 1 aromatic rings. The van der Waals surface area contributed by atoms with Gasteiger partial charge < -0.3 is 5.32 Å². The Morgan fingerprint density at radius 1 is 1.33 bits per heavy atom. The van der Waals surface area contributed by atoms with E-state index in [0.717, 1.165) is 28.7 Å². The van der Waals surface area contributed by atoms with Crippen molar-refractivity contribution in [2.75, 3.05) is 33.2 Å². The molecule has 0 aliphatic carbocycles. The second-order valence-corrected chi connectivity index (χ2v) is 10.0. The van der Waals surface area contributed by atoms with E-state index in [0.29, 0.717) is 6.54 Å². The van der Waals surface area contributed by atoms with Crippen LogP contribution < -0.4 is 5.32 Å². The van der Waals surface area contributed by atoms with E-state index in [9.17, 15) is 13.2 Å². The second kappa shape index (κ2) is 7.95. The maximum absolute atomic E-state index is 12.3. The Bertz CT molecular complexity index is 636. The van der Waals surface area contributed by atoms with Gasteiger partial charge in [0.05, 0.1) is 6.54 Å². The topological polar surface area (TPSA) is 69.7 Å². The molecule has 0 spiro atoms. The van der Waals surface area contributed by atoms with Crippen molar-refractivity contribution in [3.63, 3.8) is 0 Å². The van der Waals surface area contributed by atoms with Crippen molar-refractivity contribution in [3.8, 4) is 0 Å². The van der Waals surface area contributed by atoms with Gasteiger partial charge in [-0.05, 0) is 51.2 Å². The first-order valence-electron chi connectivity index (χ1n) is 8.25. The SMILES string of the molecule is CN(CC(=O)NCC(C)(C)N1CCCCC1)S(=O)(=O)c1cccs1. The van der Waals surface area contributed by atoms with E-state index < -0.39 is 10.0 Å². The zero-order chi connectivity index (χ0) is 17.8. The summed E-state index contributed by atoms with van der Waals surface area (Å²) in [5.74, 6) is -0.275. The Hall–Kier alpha value is -0.960. The normalized spacial score (nSPS) is 17.2. The van der Waals surface area contributed by atoms with Crippen LogP contribution in [0.3, 0.4) is 0 Å². The molecular formula is C16H27N3O3S2. The Balaban J connectivity index is 1.86. The molecule has 6 nitrogen and oxygen atoms in total. The summed E-state index contributed by atoms with van der Waals surface area (Å²) in [5.41, 5.74) is -0.124. The third-order valence-electron chi connectivity index (χ3n) is 4.46. The van der Waals surface area contributed by atoms with E-state index in [-0.39, 0.29) is 22.2 Å². The predicted octanol–water partition coefficient (Wildman–Crippen LogP) is 1.75. The van der Waals surface area contributed by atoms with Gasteiger partial charge >= 0.3 is 0 Å². The standard InChI is InChI=1S/C16H27N3O3S2/c1-16(2,19-9-5-4-6-10-19)13-17-14(20)12-18(3)24(21,22)15-8-7-11-23-15/h7-8,11H,4-6,9-10,12-13H2,1-3H3,(H,17,20). The number of carbonyl (C=O) groups is 1. The predicted molar refractivity (Wildman–Crippen MR) is 96.6 cm³/mol. The van der Waals surface area contributed by atoms with Crippen LogP contribution in [0.5, 0.6) is 0 Å². The summed E-state index contributed by atoms with van der Waals surface area (Å²) >= 11 is 1.15. The molecule has 0 saturated carbocycles. The van der Waals surface area contributed by atoms with Crippen LogP contribution in [0.2, 0.25) is 0 Å². The Morgan fingerprint density at radius 2 is 2.00 bits per heavy atom. The van der Waals surface area contributed by atoms with Crippen molar-refractivity contribution in [2.24, 2.45) is 0 Å². The lowest BCUT2D eigenvalue weighted by Gasteiger charge is -2.41. The molecule has 0 atom stereocenters. The molecule has 1 saturated heterocycles. The maximum atomic E-state index is 12.3. The van der Waals surface area contributed by atoms with Gasteiger partial charge in [-0.3, -0.25) is 9.69 Å². The highest BCUT2D eigenvalue weighted by atomic mass is 32.2. The lowest BCUT2D eigenvalue weighted by molar-refractivity contribution is -0.121. The van der Waals surface area contributed by atoms with Crippen LogP contribution in [0.1, 0.15) is 33.1 Å². The molecule has 0 aromatic carbocycles. The van der Waals surface area contributed by atoms with Crippen LogP contribution in [-0.4, -0.2) is 62.3 Å². The summed E-state index contributed by atoms with van der Waals surface area (Å²) in [6.07, 6.45) is 3.66. The summed E-state index contributed by atoms with van der Waals surface area (Å²) in [7, 11) is -2.15. The first kappa shape index (κ1) is 19.4. The van der Waals surface area contributed by atoms with Crippen molar-refractivity contribution < 1.29 is 13.2 Å². The van der Waals surface area contributed by atoms with E-state index in [1.807, 2.05) is 0 Å². The van der Waals surface area contributed by atoms with Crippen molar-refractivity contribution in [3.05, 3.63) is 17.5 Å². The summed E-state index contributed by atoms with van der Waals surface area (Å²) in [5, 5.41) is 4.60. The van der Waals surface area contributed by atoms with Crippen molar-refractivity contribution in [1.29, 1.82) is 0 Å². The minimum atomic E-state index is -3.58. The molecule has 2 rings (SSSR count). The van der Waals surface area contributed by atoms with Gasteiger partial charge in [-0.2, -0.15) is 4.31 Å². The van der Waals surface area contributed by atoms with E-state index in [2.05, 4.69) is 24.1 Å². The van der Waals surface area contributed by atoms with Gasteiger partial charge in [0.25, 0.3) is 10.0 Å². The third-order valence-corrected chi connectivity index (χ3v) is 7.63. The van der Waals surface area contributed by atoms with Crippen molar-refractivity contribution in [2.45, 2.75) is 42.9 Å². The Kier molecular flexibility index (Phi) is 6.41. The first-order valence-corrected chi connectivity index (χ1v) is 10.6. The number of likely N-dealkylation sites (tertiary alicyclic amines) is 1. The zero-order valence-electron chi connectivity index (χ0n) is 14.6. The highest BCUT2D eigenvalue weighted by Crippen LogP contribution is 2.21. The molecule has 0 radical (unpaired) electrons. The number of hydrogen-bond donors (Lipinski definition) is 1. The average molecular weight is 374 g/mol. The van der Waals surface area contributed by atoms with Crippen LogP contribution in [-0.2, 0) is 14.8 Å². The van der Waals surface area contributed by atoms with E-state index >= 15 is 0 Å². The van der Waals surface area contributed by atoms with Gasteiger partial charge in [-0.15, -0.1) is 11.3 Å². The average Bonchev–Trinajstić information content (AvgIpc) is 3.09. The monoisotopic (exact) mass is 373 g/mol. The minimum Gasteiger partial charge on any atom is -0.353 e. The molecule has 1 aliphatic heterocycles. The smallest absolute Gasteiger partial charge is 0.252 e. The molecule has 8 heteroatoms. The summed E-state index contributed by atoms with van der Waals surface area (Å²) in [6.45, 7) is 6.68. The highest BCUT2D eigenvalue weighted by molar-refractivity contribution is 7.91. The fourth-order valence-electron chi connectivity index (χ4n) is 2.83. The number of hydrogen-bond acceptors (Lipinski definition) is 5. The van der Waals surface area contributed by atoms with E-state index in [1.165, 1.54) is 26.3 Å². The van der Waals surface area contributed by atoms with Gasteiger partial charge in [-0.25, -0.2) is 8.42 Å². The van der Waals surface area contributed by atoms with Crippen molar-refractivity contribution >= 4 is 27.3 Å². The van der Waals surface area contributed by atoms with Crippen LogP contribution in [0.4, 0.5) is 0 Å². The minimum absolute atomic E-state index is 0.124. The number of piperidine rings is 1.